The summed E-state index contributed by atoms with van der Waals surface area (Å²) >= 11 is 0. The number of rotatable bonds is 3. The Morgan fingerprint density at radius 1 is 1.60 bits per heavy atom. The molecular formula is C9H17N3O3. The summed E-state index contributed by atoms with van der Waals surface area (Å²) in [7, 11) is 0. The fourth-order valence-corrected chi connectivity index (χ4v) is 1.71. The summed E-state index contributed by atoms with van der Waals surface area (Å²) in [6, 6.07) is -1.35. The van der Waals surface area contributed by atoms with Crippen molar-refractivity contribution in [1.82, 2.24) is 4.90 Å². The smallest absolute Gasteiger partial charge is 0.240 e. The van der Waals surface area contributed by atoms with Crippen LogP contribution in [0.1, 0.15) is 19.8 Å². The van der Waals surface area contributed by atoms with E-state index in [1.165, 1.54) is 4.90 Å². The van der Waals surface area contributed by atoms with Crippen molar-refractivity contribution in [2.45, 2.75) is 38.0 Å². The molecule has 0 aromatic carbocycles. The van der Waals surface area contributed by atoms with E-state index in [4.69, 9.17) is 11.5 Å². The van der Waals surface area contributed by atoms with E-state index in [2.05, 4.69) is 0 Å². The van der Waals surface area contributed by atoms with Gasteiger partial charge in [-0.05, 0) is 6.42 Å². The number of hydrogen-bond acceptors (Lipinski definition) is 4. The topological polar surface area (TPSA) is 110 Å². The standard InChI is InChI=1S/C9H17N3O3/c1-2-6(10)9(15)12-4-5(13)3-7(12)8(11)14/h5-7,13H,2-4,10H2,1H3,(H2,11,14)/t5?,6-,7?/m1/s1. The maximum Gasteiger partial charge on any atom is 0.240 e. The number of hydrogen-bond donors (Lipinski definition) is 3. The molecule has 0 radical (unpaired) electrons. The molecule has 0 aromatic rings. The number of amides is 2. The molecule has 0 saturated carbocycles. The minimum atomic E-state index is -0.718. The van der Waals surface area contributed by atoms with Gasteiger partial charge in [0.1, 0.15) is 6.04 Å². The van der Waals surface area contributed by atoms with Crippen LogP contribution in [0.15, 0.2) is 0 Å². The predicted molar refractivity (Wildman–Crippen MR) is 53.6 cm³/mol. The molecule has 6 nitrogen and oxygen atoms in total. The predicted octanol–water partition coefficient (Wildman–Crippen LogP) is -1.83. The normalized spacial score (nSPS) is 27.8. The van der Waals surface area contributed by atoms with Gasteiger partial charge in [0.25, 0.3) is 0 Å². The van der Waals surface area contributed by atoms with E-state index in [1.807, 2.05) is 0 Å². The van der Waals surface area contributed by atoms with Crippen molar-refractivity contribution in [3.8, 4) is 0 Å². The van der Waals surface area contributed by atoms with E-state index in [0.29, 0.717) is 6.42 Å². The second kappa shape index (κ2) is 4.59. The van der Waals surface area contributed by atoms with Crippen molar-refractivity contribution >= 4 is 11.8 Å². The summed E-state index contributed by atoms with van der Waals surface area (Å²) < 4.78 is 0. The Hall–Kier alpha value is -1.14. The molecule has 1 aliphatic heterocycles. The summed E-state index contributed by atoms with van der Waals surface area (Å²) in [5.41, 5.74) is 10.7. The van der Waals surface area contributed by atoms with Gasteiger partial charge >= 0.3 is 0 Å². The highest BCUT2D eigenvalue weighted by molar-refractivity contribution is 5.89. The quantitative estimate of drug-likeness (QED) is 0.514. The van der Waals surface area contributed by atoms with Gasteiger partial charge in [0.15, 0.2) is 0 Å². The highest BCUT2D eigenvalue weighted by Gasteiger charge is 2.38. The summed E-state index contributed by atoms with van der Waals surface area (Å²) in [5.74, 6) is -0.916. The van der Waals surface area contributed by atoms with E-state index in [-0.39, 0.29) is 18.9 Å². The van der Waals surface area contributed by atoms with Gasteiger partial charge in [-0.25, -0.2) is 0 Å². The number of primary amides is 1. The molecule has 5 N–H and O–H groups in total. The van der Waals surface area contributed by atoms with Gasteiger partial charge in [0.2, 0.25) is 11.8 Å². The van der Waals surface area contributed by atoms with Crippen LogP contribution in [-0.4, -0.2) is 46.6 Å². The summed E-state index contributed by atoms with van der Waals surface area (Å²) in [6.45, 7) is 1.93. The molecule has 0 spiro atoms. The van der Waals surface area contributed by atoms with E-state index >= 15 is 0 Å². The molecule has 1 rings (SSSR count). The molecule has 1 aliphatic rings. The average Bonchev–Trinajstić information content (AvgIpc) is 2.58. The molecule has 0 aliphatic carbocycles. The first kappa shape index (κ1) is 11.9. The number of carbonyl (C=O) groups is 2. The van der Waals surface area contributed by atoms with Gasteiger partial charge in [-0.1, -0.05) is 6.92 Å². The van der Waals surface area contributed by atoms with Crippen LogP contribution < -0.4 is 11.5 Å². The third kappa shape index (κ3) is 2.45. The van der Waals surface area contributed by atoms with Gasteiger partial charge in [-0.2, -0.15) is 0 Å². The van der Waals surface area contributed by atoms with Crippen molar-refractivity contribution in [3.63, 3.8) is 0 Å². The molecular weight excluding hydrogens is 198 g/mol. The zero-order chi connectivity index (χ0) is 11.6. The van der Waals surface area contributed by atoms with Gasteiger partial charge in [-0.15, -0.1) is 0 Å². The number of likely N-dealkylation sites (tertiary alicyclic amines) is 1. The number of carbonyl (C=O) groups excluding carboxylic acids is 2. The maximum absolute atomic E-state index is 11.7. The van der Waals surface area contributed by atoms with Crippen LogP contribution in [0.4, 0.5) is 0 Å². The summed E-state index contributed by atoms with van der Waals surface area (Å²) in [6.07, 6.45) is 0.0181. The zero-order valence-corrected chi connectivity index (χ0v) is 8.72. The van der Waals surface area contributed by atoms with Crippen LogP contribution in [-0.2, 0) is 9.59 Å². The van der Waals surface area contributed by atoms with E-state index in [1.54, 1.807) is 6.92 Å². The Bertz CT molecular complexity index is 269. The van der Waals surface area contributed by atoms with E-state index in [9.17, 15) is 14.7 Å². The van der Waals surface area contributed by atoms with Gasteiger partial charge in [0, 0.05) is 13.0 Å². The summed E-state index contributed by atoms with van der Waals surface area (Å²) in [4.78, 5) is 24.0. The van der Waals surface area contributed by atoms with Crippen LogP contribution in [0.5, 0.6) is 0 Å². The molecule has 0 bridgehead atoms. The molecule has 2 amide bonds. The van der Waals surface area contributed by atoms with Crippen LogP contribution >= 0.6 is 0 Å². The van der Waals surface area contributed by atoms with Gasteiger partial charge in [0.05, 0.1) is 12.1 Å². The Kier molecular flexibility index (Phi) is 3.65. The molecule has 15 heavy (non-hydrogen) atoms. The van der Waals surface area contributed by atoms with Crippen molar-refractivity contribution in [1.29, 1.82) is 0 Å². The van der Waals surface area contributed by atoms with Crippen molar-refractivity contribution in [2.24, 2.45) is 11.5 Å². The van der Waals surface area contributed by atoms with E-state index in [0.717, 1.165) is 0 Å². The summed E-state index contributed by atoms with van der Waals surface area (Å²) in [5, 5.41) is 9.38. The lowest BCUT2D eigenvalue weighted by Gasteiger charge is -2.24. The van der Waals surface area contributed by atoms with Crippen molar-refractivity contribution in [3.05, 3.63) is 0 Å². The molecule has 3 atom stereocenters. The lowest BCUT2D eigenvalue weighted by atomic mass is 10.1. The van der Waals surface area contributed by atoms with Crippen LogP contribution in [0.25, 0.3) is 0 Å². The van der Waals surface area contributed by atoms with Crippen LogP contribution in [0, 0.1) is 0 Å². The molecule has 86 valence electrons. The molecule has 0 aromatic heterocycles. The lowest BCUT2D eigenvalue weighted by Crippen LogP contribution is -2.50. The Morgan fingerprint density at radius 3 is 2.67 bits per heavy atom. The number of nitrogens with two attached hydrogens (primary N) is 2. The first-order chi connectivity index (χ1) is 6.97. The second-order valence-electron chi connectivity index (χ2n) is 3.81. The fraction of sp³-hybridized carbons (Fsp3) is 0.778. The van der Waals surface area contributed by atoms with Crippen LogP contribution in [0.2, 0.25) is 0 Å². The number of β-amino-alcohol motifs (C(OH)–C–C–N with tert-alkyl or cyclic N) is 1. The first-order valence-electron chi connectivity index (χ1n) is 5.00. The van der Waals surface area contributed by atoms with E-state index < -0.39 is 24.1 Å². The fourth-order valence-electron chi connectivity index (χ4n) is 1.71. The first-order valence-corrected chi connectivity index (χ1v) is 5.00. The number of nitrogens with zero attached hydrogens (tertiary/aromatic N) is 1. The van der Waals surface area contributed by atoms with Gasteiger partial charge in [-0.3, -0.25) is 9.59 Å². The molecule has 1 fully saturated rings. The minimum Gasteiger partial charge on any atom is -0.391 e. The second-order valence-corrected chi connectivity index (χ2v) is 3.81. The van der Waals surface area contributed by atoms with Crippen molar-refractivity contribution in [2.75, 3.05) is 6.54 Å². The van der Waals surface area contributed by atoms with Crippen LogP contribution in [0.3, 0.4) is 0 Å². The molecule has 6 heteroatoms. The van der Waals surface area contributed by atoms with Crippen molar-refractivity contribution < 1.29 is 14.7 Å². The van der Waals surface area contributed by atoms with Gasteiger partial charge < -0.3 is 21.5 Å². The number of aliphatic hydroxyl groups excluding tert-OH is 1. The third-order valence-corrected chi connectivity index (χ3v) is 2.65. The SMILES string of the molecule is CC[C@@H](N)C(=O)N1CC(O)CC1C(N)=O. The maximum atomic E-state index is 11.7. The Morgan fingerprint density at radius 2 is 2.20 bits per heavy atom. The lowest BCUT2D eigenvalue weighted by molar-refractivity contribution is -0.138. The molecule has 2 unspecified atom stereocenters. The number of aliphatic hydroxyl groups is 1. The molecule has 1 heterocycles. The molecule has 1 saturated heterocycles. The highest BCUT2D eigenvalue weighted by Crippen LogP contribution is 2.18. The monoisotopic (exact) mass is 215 g/mol. The Balaban J connectivity index is 2.75. The third-order valence-electron chi connectivity index (χ3n) is 2.65. The average molecular weight is 215 g/mol. The zero-order valence-electron chi connectivity index (χ0n) is 8.72. The largest absolute Gasteiger partial charge is 0.391 e. The minimum absolute atomic E-state index is 0.139. The Labute approximate surface area is 88.2 Å². The highest BCUT2D eigenvalue weighted by atomic mass is 16.3.